The molecule has 0 heterocycles. The van der Waals surface area contributed by atoms with Crippen LogP contribution >= 0.6 is 47.5 Å². The molecule has 0 saturated heterocycles. The van der Waals surface area contributed by atoms with Gasteiger partial charge in [-0.05, 0) is 149 Å². The predicted molar refractivity (Wildman–Crippen MR) is 294 cm³/mol. The van der Waals surface area contributed by atoms with Crippen LogP contribution in [0.25, 0.3) is 0 Å². The fourth-order valence-electron chi connectivity index (χ4n) is 7.86. The highest BCUT2D eigenvalue weighted by Crippen LogP contribution is 2.45. The molecule has 0 aromatic heterocycles. The first-order valence-corrected chi connectivity index (χ1v) is 26.2. The van der Waals surface area contributed by atoms with E-state index in [-0.39, 0.29) is 37.4 Å². The van der Waals surface area contributed by atoms with E-state index >= 15 is 0 Å². The largest absolute Gasteiger partial charge is 0.431 e. The SMILES string of the molecule is CN(C)C(=O)Sc1c2cc(C(C)(C)C)cc1Cc1cc(C(C)(C)C)cc(c1SC(=O)N(C)C)Cc1cc(C(C)(C)C)cc(c1SC(=O)N(C)C)Cc1cc(C(C)(C)C)cc(c1OC(=S)N(C)C)C2. The van der Waals surface area contributed by atoms with Gasteiger partial charge in [0.25, 0.3) is 20.9 Å². The van der Waals surface area contributed by atoms with Crippen molar-refractivity contribution in [3.05, 3.63) is 115 Å². The number of hydrogen-bond donors (Lipinski definition) is 0. The second-order valence-electron chi connectivity index (χ2n) is 23.3. The summed E-state index contributed by atoms with van der Waals surface area (Å²) >= 11 is 9.74. The monoisotopic (exact) mass is 996 g/mol. The number of hydrogen-bond acceptors (Lipinski definition) is 8. The van der Waals surface area contributed by atoms with E-state index in [1.165, 1.54) is 35.3 Å². The highest BCUT2D eigenvalue weighted by Gasteiger charge is 2.31. The summed E-state index contributed by atoms with van der Waals surface area (Å²) in [4.78, 5) is 51.7. The minimum Gasteiger partial charge on any atom is -0.431 e. The number of fused-ring (bicyclic) bond motifs is 8. The molecule has 0 spiro atoms. The van der Waals surface area contributed by atoms with E-state index < -0.39 is 0 Å². The van der Waals surface area contributed by atoms with Gasteiger partial charge in [-0.3, -0.25) is 14.4 Å². The van der Waals surface area contributed by atoms with Gasteiger partial charge in [-0.2, -0.15) is 0 Å². The first kappa shape index (κ1) is 55.0. The Labute approximate surface area is 427 Å². The Hall–Kier alpha value is -3.97. The smallest absolute Gasteiger partial charge is 0.285 e. The molecule has 0 saturated carbocycles. The molecule has 1 aliphatic carbocycles. The van der Waals surface area contributed by atoms with Gasteiger partial charge in [0.05, 0.1) is 0 Å². The maximum Gasteiger partial charge on any atom is 0.285 e. The minimum atomic E-state index is -0.246. The molecule has 12 heteroatoms. The number of thioether (sulfide) groups is 3. The highest BCUT2D eigenvalue weighted by molar-refractivity contribution is 8.14. The van der Waals surface area contributed by atoms with Crippen LogP contribution in [0.5, 0.6) is 5.75 Å². The average Bonchev–Trinajstić information content (AvgIpc) is 3.19. The van der Waals surface area contributed by atoms with Gasteiger partial charge < -0.3 is 24.3 Å². The van der Waals surface area contributed by atoms with E-state index in [2.05, 4.69) is 132 Å². The van der Waals surface area contributed by atoms with Crippen molar-refractivity contribution in [1.29, 1.82) is 0 Å². The van der Waals surface area contributed by atoms with Gasteiger partial charge in [0.15, 0.2) is 0 Å². The third kappa shape index (κ3) is 13.3. The summed E-state index contributed by atoms with van der Waals surface area (Å²) in [6, 6.07) is 18.2. The van der Waals surface area contributed by atoms with Crippen LogP contribution in [0, 0.1) is 0 Å². The molecular weight excluding hydrogens is 921 g/mol. The number of amides is 3. The van der Waals surface area contributed by atoms with E-state index in [0.717, 1.165) is 81.4 Å². The summed E-state index contributed by atoms with van der Waals surface area (Å²) in [7, 11) is 14.5. The molecule has 0 atom stereocenters. The van der Waals surface area contributed by atoms with E-state index in [0.29, 0.717) is 36.6 Å². The van der Waals surface area contributed by atoms with Crippen LogP contribution in [0.1, 0.15) is 150 Å². The van der Waals surface area contributed by atoms with Crippen LogP contribution < -0.4 is 4.74 Å². The van der Waals surface area contributed by atoms with Crippen LogP contribution in [0.4, 0.5) is 14.4 Å². The topological polar surface area (TPSA) is 73.4 Å². The molecule has 4 aromatic rings. The lowest BCUT2D eigenvalue weighted by Crippen LogP contribution is -2.26. The molecule has 0 radical (unpaired) electrons. The zero-order valence-corrected chi connectivity index (χ0v) is 47.8. The lowest BCUT2D eigenvalue weighted by molar-refractivity contribution is 0.240. The molecule has 0 fully saturated rings. The highest BCUT2D eigenvalue weighted by atomic mass is 32.2. The Morgan fingerprint density at radius 1 is 0.397 bits per heavy atom. The Balaban J connectivity index is 2.12. The van der Waals surface area contributed by atoms with Gasteiger partial charge in [-0.25, -0.2) is 0 Å². The summed E-state index contributed by atoms with van der Waals surface area (Å²) in [5, 5.41) is 0.0992. The number of ether oxygens (including phenoxy) is 1. The van der Waals surface area contributed by atoms with Gasteiger partial charge >= 0.3 is 0 Å². The van der Waals surface area contributed by atoms with Crippen molar-refractivity contribution in [2.75, 3.05) is 56.4 Å². The maximum atomic E-state index is 14.1. The lowest BCUT2D eigenvalue weighted by Gasteiger charge is -2.29. The van der Waals surface area contributed by atoms with Crippen molar-refractivity contribution in [2.45, 2.75) is 145 Å². The molecule has 8 nitrogen and oxygen atoms in total. The Morgan fingerprint density at radius 3 is 0.794 bits per heavy atom. The second-order valence-corrected chi connectivity index (χ2v) is 26.5. The molecular formula is C56H76N4O4S4. The van der Waals surface area contributed by atoms with Crippen molar-refractivity contribution in [3.8, 4) is 5.75 Å². The van der Waals surface area contributed by atoms with E-state index in [4.69, 9.17) is 17.0 Å². The predicted octanol–water partition coefficient (Wildman–Crippen LogP) is 14.1. The van der Waals surface area contributed by atoms with Crippen molar-refractivity contribution in [2.24, 2.45) is 0 Å². The number of rotatable bonds is 4. The van der Waals surface area contributed by atoms with Crippen LogP contribution in [0.2, 0.25) is 0 Å². The molecule has 5 rings (SSSR count). The summed E-state index contributed by atoms with van der Waals surface area (Å²) in [6.45, 7) is 26.8. The quantitative estimate of drug-likeness (QED) is 0.129. The van der Waals surface area contributed by atoms with Crippen LogP contribution in [0.3, 0.4) is 0 Å². The van der Waals surface area contributed by atoms with Crippen LogP contribution in [-0.4, -0.2) is 96.9 Å². The summed E-state index contributed by atoms with van der Waals surface area (Å²) in [6.07, 6.45) is 1.83. The molecule has 0 unspecified atom stereocenters. The zero-order chi connectivity index (χ0) is 51.2. The third-order valence-corrected chi connectivity index (χ3v) is 16.4. The fourth-order valence-corrected chi connectivity index (χ4v) is 10.6. The van der Waals surface area contributed by atoms with E-state index in [9.17, 15) is 14.4 Å². The molecule has 0 N–H and O–H groups in total. The number of carbonyl (C=O) groups is 3. The molecule has 0 aliphatic heterocycles. The summed E-state index contributed by atoms with van der Waals surface area (Å²) in [5.41, 5.74) is 11.6. The van der Waals surface area contributed by atoms with Crippen molar-refractivity contribution in [1.82, 2.24) is 19.6 Å². The molecule has 1 aliphatic rings. The second kappa shape index (κ2) is 20.8. The van der Waals surface area contributed by atoms with Gasteiger partial charge in [0, 0.05) is 83.9 Å². The number of nitrogens with zero attached hydrogens (tertiary/aromatic N) is 4. The maximum absolute atomic E-state index is 14.1. The number of carbonyl (C=O) groups excluding carboxylic acids is 3. The van der Waals surface area contributed by atoms with Gasteiger partial charge in [-0.15, -0.1) is 0 Å². The molecule has 3 amide bonds. The lowest BCUT2D eigenvalue weighted by atomic mass is 9.79. The zero-order valence-electron chi connectivity index (χ0n) is 44.5. The molecule has 68 heavy (non-hydrogen) atoms. The Morgan fingerprint density at radius 2 is 0.603 bits per heavy atom. The van der Waals surface area contributed by atoms with Crippen LogP contribution in [-0.2, 0) is 47.3 Å². The van der Waals surface area contributed by atoms with Crippen LogP contribution in [0.15, 0.2) is 63.2 Å². The first-order chi connectivity index (χ1) is 31.1. The van der Waals surface area contributed by atoms with Gasteiger partial charge in [0.2, 0.25) is 0 Å². The Kier molecular flexibility index (Phi) is 16.8. The third-order valence-electron chi connectivity index (χ3n) is 12.2. The Bertz CT molecular complexity index is 2150. The molecule has 8 bridgehead atoms. The van der Waals surface area contributed by atoms with Crippen molar-refractivity contribution in [3.63, 3.8) is 0 Å². The number of thiocarbonyl (C=S) groups is 1. The molecule has 4 aromatic carbocycles. The average molecular weight is 998 g/mol. The normalized spacial score (nSPS) is 13.2. The fraction of sp³-hybridized carbons (Fsp3) is 0.500. The van der Waals surface area contributed by atoms with E-state index in [1.807, 2.05) is 19.0 Å². The van der Waals surface area contributed by atoms with Gasteiger partial charge in [-0.1, -0.05) is 132 Å². The first-order valence-electron chi connectivity index (χ1n) is 23.4. The van der Waals surface area contributed by atoms with Crippen molar-refractivity contribution >= 4 is 68.4 Å². The minimum absolute atomic E-state index is 0.0771. The van der Waals surface area contributed by atoms with Gasteiger partial charge in [0.1, 0.15) is 5.75 Å². The number of benzene rings is 4. The molecule has 368 valence electrons. The standard InChI is InChI=1S/C56H76N4O4S4/c1-53(2,3)41-25-33-21-35-27-42(54(4,5)6)29-37(46(35)66-49(61)57(13)14)23-39-31-44(56(10,11)12)32-40(48(39)68-51(63)59(17)18)24-38-30-43(55(7,8)9)28-36(47(38)67-50(62)58(15)16)22-34(26-41)45(33)64-52(65)60(19)20/h25-32H,21-24H2,1-20H3. The summed E-state index contributed by atoms with van der Waals surface area (Å²) < 4.78 is 6.91. The van der Waals surface area contributed by atoms with Crippen molar-refractivity contribution < 1.29 is 19.1 Å². The van der Waals surface area contributed by atoms with E-state index in [1.54, 1.807) is 57.0 Å². The summed E-state index contributed by atoms with van der Waals surface area (Å²) in [5.74, 6) is 0.680.